The Morgan fingerprint density at radius 3 is 1.58 bits per heavy atom. The molecule has 15 heteroatoms. The zero-order valence-electron chi connectivity index (χ0n) is 18.4. The molecule has 0 radical (unpaired) electrons. The van der Waals surface area contributed by atoms with E-state index < -0.39 is 27.1 Å². The van der Waals surface area contributed by atoms with Crippen molar-refractivity contribution in [3.63, 3.8) is 0 Å². The third kappa shape index (κ3) is 8.57. The molecule has 0 amide bonds. The number of rotatable bonds is 10. The molecule has 0 spiro atoms. The van der Waals surface area contributed by atoms with Crippen LogP contribution in [0.3, 0.4) is 0 Å². The van der Waals surface area contributed by atoms with Crippen LogP contribution in [0, 0.1) is 0 Å². The van der Waals surface area contributed by atoms with Gasteiger partial charge in [-0.1, -0.05) is 12.2 Å². The van der Waals surface area contributed by atoms with Gasteiger partial charge in [-0.3, -0.25) is 19.6 Å². The molecular formula is C18H22KO12P2+. The molecule has 0 saturated heterocycles. The Morgan fingerprint density at radius 1 is 0.667 bits per heavy atom. The number of ether oxygens (including phenoxy) is 4. The Bertz CT molecular complexity index is 1070. The first-order valence-electron chi connectivity index (χ1n) is 8.61. The van der Waals surface area contributed by atoms with E-state index in [2.05, 4.69) is 9.05 Å². The molecule has 0 fully saturated rings. The number of benzene rings is 2. The molecule has 0 saturated carbocycles. The number of hydrogen-bond donors (Lipinski definition) is 4. The first-order chi connectivity index (χ1) is 14.9. The van der Waals surface area contributed by atoms with Crippen LogP contribution in [0.4, 0.5) is 0 Å². The Labute approximate surface area is 232 Å². The fraction of sp³-hybridized carbons (Fsp3) is 0.222. The van der Waals surface area contributed by atoms with Crippen LogP contribution in [0.1, 0.15) is 11.1 Å². The van der Waals surface area contributed by atoms with Gasteiger partial charge in [-0.2, -0.15) is 0 Å². The minimum Gasteiger partial charge on any atom is -0.493 e. The zero-order valence-corrected chi connectivity index (χ0v) is 23.3. The summed E-state index contributed by atoms with van der Waals surface area (Å²) in [6.07, 6.45) is 2.89. The molecule has 0 aliphatic heterocycles. The van der Waals surface area contributed by atoms with Gasteiger partial charge in [0.05, 0.1) is 28.4 Å². The molecule has 12 nitrogen and oxygen atoms in total. The van der Waals surface area contributed by atoms with Crippen LogP contribution in [-0.4, -0.2) is 48.0 Å². The molecule has 0 bridgehead atoms. The average Bonchev–Trinajstić information content (AvgIpc) is 2.71. The van der Waals surface area contributed by atoms with Crippen LogP contribution in [0.2, 0.25) is 0 Å². The molecule has 0 aliphatic carbocycles. The summed E-state index contributed by atoms with van der Waals surface area (Å²) in [6.45, 7) is 0. The van der Waals surface area contributed by atoms with Crippen molar-refractivity contribution in [2.75, 3.05) is 28.4 Å². The van der Waals surface area contributed by atoms with Gasteiger partial charge in [0.1, 0.15) is 0 Å². The van der Waals surface area contributed by atoms with Crippen molar-refractivity contribution >= 4 is 27.8 Å². The van der Waals surface area contributed by atoms with Crippen molar-refractivity contribution in [3.8, 4) is 34.5 Å². The second-order valence-corrected chi connectivity index (χ2v) is 8.30. The summed E-state index contributed by atoms with van der Waals surface area (Å²) in [4.78, 5) is 37.0. The van der Waals surface area contributed by atoms with Crippen molar-refractivity contribution in [1.29, 1.82) is 0 Å². The van der Waals surface area contributed by atoms with E-state index in [9.17, 15) is 28.7 Å². The standard InChI is InChI=1S/C18H22O12P2.K/c1-25-13-8-7-12(16(29-31(19,20)21)18(13)30-32(22,23)24)6-5-11-9-14(26-2)17(28-4)15(10-11)27-3;/h5-10H,1-4H3,(H2,19,20,21)(H2,22,23,24);/q;+1/b6-5-;. The molecule has 0 unspecified atom stereocenters. The predicted octanol–water partition coefficient (Wildman–Crippen LogP) is -0.162. The maximum Gasteiger partial charge on any atom is 1.00 e. The van der Waals surface area contributed by atoms with Crippen LogP contribution in [-0.2, 0) is 9.13 Å². The van der Waals surface area contributed by atoms with E-state index in [1.54, 1.807) is 12.1 Å². The Kier molecular flexibility index (Phi) is 11.4. The van der Waals surface area contributed by atoms with Gasteiger partial charge in [0, 0.05) is 5.56 Å². The first-order valence-corrected chi connectivity index (χ1v) is 11.7. The minimum atomic E-state index is -5.15. The van der Waals surface area contributed by atoms with Crippen LogP contribution in [0.5, 0.6) is 34.5 Å². The number of methoxy groups -OCH3 is 4. The summed E-state index contributed by atoms with van der Waals surface area (Å²) in [6, 6.07) is 5.85. The van der Waals surface area contributed by atoms with Crippen molar-refractivity contribution in [2.24, 2.45) is 0 Å². The van der Waals surface area contributed by atoms with E-state index in [0.717, 1.165) is 0 Å². The third-order valence-electron chi connectivity index (χ3n) is 3.89. The summed E-state index contributed by atoms with van der Waals surface area (Å²) in [5, 5.41) is 0. The smallest absolute Gasteiger partial charge is 0.493 e. The van der Waals surface area contributed by atoms with Gasteiger partial charge in [0.25, 0.3) is 0 Å². The minimum absolute atomic E-state index is 0. The van der Waals surface area contributed by atoms with E-state index in [0.29, 0.717) is 22.8 Å². The second kappa shape index (κ2) is 12.6. The molecular weight excluding hydrogens is 509 g/mol. The predicted molar refractivity (Wildman–Crippen MR) is 113 cm³/mol. The summed E-state index contributed by atoms with van der Waals surface area (Å²) in [5.74, 6) is -0.459. The number of phosphoric ester groups is 2. The van der Waals surface area contributed by atoms with Crippen LogP contribution < -0.4 is 79.4 Å². The van der Waals surface area contributed by atoms with Gasteiger partial charge in [-0.05, 0) is 29.8 Å². The summed E-state index contributed by atoms with van der Waals surface area (Å²) in [7, 11) is -4.79. The van der Waals surface area contributed by atoms with E-state index in [1.807, 2.05) is 0 Å². The molecule has 33 heavy (non-hydrogen) atoms. The fourth-order valence-electron chi connectivity index (χ4n) is 2.65. The third-order valence-corrected chi connectivity index (χ3v) is 4.73. The molecule has 0 atom stereocenters. The van der Waals surface area contributed by atoms with Crippen LogP contribution >= 0.6 is 15.6 Å². The van der Waals surface area contributed by atoms with Crippen molar-refractivity contribution in [2.45, 2.75) is 0 Å². The van der Waals surface area contributed by atoms with E-state index in [1.165, 1.54) is 52.7 Å². The van der Waals surface area contributed by atoms with Crippen molar-refractivity contribution in [1.82, 2.24) is 0 Å². The topological polar surface area (TPSA) is 170 Å². The fourth-order valence-corrected chi connectivity index (χ4v) is 3.49. The monoisotopic (exact) mass is 531 g/mol. The Morgan fingerprint density at radius 2 is 1.15 bits per heavy atom. The summed E-state index contributed by atoms with van der Waals surface area (Å²) >= 11 is 0. The number of phosphoric acid groups is 2. The molecule has 0 aliphatic rings. The molecule has 0 aromatic heterocycles. The molecule has 176 valence electrons. The molecule has 2 rings (SSSR count). The molecule has 2 aromatic rings. The maximum absolute atomic E-state index is 11.5. The quantitative estimate of drug-likeness (QED) is 0.182. The van der Waals surface area contributed by atoms with Gasteiger partial charge in [0.2, 0.25) is 11.5 Å². The molecule has 0 heterocycles. The Balaban J connectivity index is 0.00000544. The Hall–Kier alpha value is -1.08. The second-order valence-electron chi connectivity index (χ2n) is 5.97. The van der Waals surface area contributed by atoms with Crippen molar-refractivity contribution < 1.29 is 108 Å². The van der Waals surface area contributed by atoms with Gasteiger partial charge in [0.15, 0.2) is 23.0 Å². The maximum atomic E-state index is 11.5. The summed E-state index contributed by atoms with van der Waals surface area (Å²) in [5.41, 5.74) is 0.557. The first kappa shape index (κ1) is 29.9. The van der Waals surface area contributed by atoms with Gasteiger partial charge in [-0.25, -0.2) is 9.13 Å². The van der Waals surface area contributed by atoms with Crippen molar-refractivity contribution in [3.05, 3.63) is 35.4 Å². The van der Waals surface area contributed by atoms with Crippen LogP contribution in [0.15, 0.2) is 24.3 Å². The molecule has 4 N–H and O–H groups in total. The van der Waals surface area contributed by atoms with Crippen LogP contribution in [0.25, 0.3) is 12.2 Å². The van der Waals surface area contributed by atoms with E-state index in [-0.39, 0.29) is 62.7 Å². The largest absolute Gasteiger partial charge is 1.00 e. The average molecular weight is 531 g/mol. The summed E-state index contributed by atoms with van der Waals surface area (Å²) < 4.78 is 52.9. The SMILES string of the molecule is COc1cc(/C=C\c2ccc(OC)c(OP(=O)(O)O)c2OP(=O)(O)O)cc(OC)c1OC.[K+]. The van der Waals surface area contributed by atoms with Gasteiger partial charge in [-0.15, -0.1) is 0 Å². The van der Waals surface area contributed by atoms with Gasteiger partial charge >= 0.3 is 67.0 Å². The van der Waals surface area contributed by atoms with E-state index in [4.69, 9.17) is 18.9 Å². The zero-order chi connectivity index (χ0) is 24.1. The van der Waals surface area contributed by atoms with E-state index >= 15 is 0 Å². The normalized spacial score (nSPS) is 11.5. The number of hydrogen-bond acceptors (Lipinski definition) is 8. The van der Waals surface area contributed by atoms with Gasteiger partial charge < -0.3 is 28.0 Å². The molecule has 2 aromatic carbocycles.